The molecule has 2 bridgehead atoms. The van der Waals surface area contributed by atoms with E-state index in [9.17, 15) is 0 Å². The second-order valence-corrected chi connectivity index (χ2v) is 6.72. The molecular weight excluding hydrogens is 246 g/mol. The fraction of sp³-hybridized carbons (Fsp3) is 0.556. The molecule has 0 aromatic heterocycles. The maximum atomic E-state index is 5.44. The first-order valence-electron chi connectivity index (χ1n) is 7.59. The van der Waals surface area contributed by atoms with Crippen molar-refractivity contribution in [3.8, 4) is 5.75 Å². The molecule has 108 valence electrons. The zero-order chi connectivity index (χ0) is 14.3. The van der Waals surface area contributed by atoms with Crippen LogP contribution in [0.15, 0.2) is 24.3 Å². The van der Waals surface area contributed by atoms with E-state index in [2.05, 4.69) is 50.2 Å². The molecule has 2 nitrogen and oxygen atoms in total. The lowest BCUT2D eigenvalue weighted by molar-refractivity contribution is 0.147. The van der Waals surface area contributed by atoms with Gasteiger partial charge in [0.1, 0.15) is 5.75 Å². The minimum atomic E-state index is 0.682. The SMILES string of the molecule is COc1cc(C)cc(C2=CC3CC(C3)[C@@H]2CN(C)C)c1. The lowest BCUT2D eigenvalue weighted by Crippen LogP contribution is -2.39. The molecule has 2 heteroatoms. The van der Waals surface area contributed by atoms with Crippen LogP contribution in [-0.4, -0.2) is 32.6 Å². The van der Waals surface area contributed by atoms with E-state index in [1.54, 1.807) is 12.7 Å². The summed E-state index contributed by atoms with van der Waals surface area (Å²) >= 11 is 0. The summed E-state index contributed by atoms with van der Waals surface area (Å²) in [6.45, 7) is 3.30. The average molecular weight is 271 g/mol. The van der Waals surface area contributed by atoms with Gasteiger partial charge in [-0.05, 0) is 80.4 Å². The molecule has 0 radical (unpaired) electrons. The van der Waals surface area contributed by atoms with Crippen molar-refractivity contribution in [2.24, 2.45) is 17.8 Å². The Morgan fingerprint density at radius 1 is 1.20 bits per heavy atom. The molecule has 3 aliphatic rings. The highest BCUT2D eigenvalue weighted by Crippen LogP contribution is 2.51. The summed E-state index contributed by atoms with van der Waals surface area (Å²) in [5.41, 5.74) is 4.19. The number of hydrogen-bond donors (Lipinski definition) is 0. The van der Waals surface area contributed by atoms with E-state index >= 15 is 0 Å². The van der Waals surface area contributed by atoms with Crippen LogP contribution in [0.5, 0.6) is 5.75 Å². The van der Waals surface area contributed by atoms with Gasteiger partial charge in [-0.25, -0.2) is 0 Å². The van der Waals surface area contributed by atoms with Crippen molar-refractivity contribution in [2.75, 3.05) is 27.7 Å². The standard InChI is InChI=1S/C18H25NO/c1-12-5-14(10-16(6-12)20-4)17-9-13-7-15(8-13)18(17)11-19(2)3/h5-6,9-10,13,15,18H,7-8,11H2,1-4H3/t13?,15?,18-/m0/s1. The molecule has 1 aromatic carbocycles. The normalized spacial score (nSPS) is 28.1. The van der Waals surface area contributed by atoms with Crippen LogP contribution >= 0.6 is 0 Å². The molecule has 1 fully saturated rings. The number of nitrogens with zero attached hydrogens (tertiary/aromatic N) is 1. The Kier molecular flexibility index (Phi) is 3.59. The lowest BCUT2D eigenvalue weighted by Gasteiger charge is -2.47. The molecule has 1 atom stereocenters. The molecule has 1 aromatic rings. The Balaban J connectivity index is 1.96. The van der Waals surface area contributed by atoms with Gasteiger partial charge >= 0.3 is 0 Å². The van der Waals surface area contributed by atoms with E-state index < -0.39 is 0 Å². The van der Waals surface area contributed by atoms with Gasteiger partial charge < -0.3 is 9.64 Å². The van der Waals surface area contributed by atoms with Crippen LogP contribution in [0.3, 0.4) is 0 Å². The van der Waals surface area contributed by atoms with Crippen molar-refractivity contribution in [1.82, 2.24) is 4.90 Å². The molecule has 20 heavy (non-hydrogen) atoms. The molecular formula is C18H25NO. The van der Waals surface area contributed by atoms with Crippen molar-refractivity contribution in [2.45, 2.75) is 19.8 Å². The summed E-state index contributed by atoms with van der Waals surface area (Å²) < 4.78 is 5.44. The van der Waals surface area contributed by atoms with Crippen LogP contribution in [0.1, 0.15) is 24.0 Å². The third kappa shape index (κ3) is 2.49. The summed E-state index contributed by atoms with van der Waals surface area (Å²) in [7, 11) is 6.11. The highest BCUT2D eigenvalue weighted by molar-refractivity contribution is 5.71. The van der Waals surface area contributed by atoms with Crippen LogP contribution in [0, 0.1) is 24.7 Å². The largest absolute Gasteiger partial charge is 0.497 e. The predicted molar refractivity (Wildman–Crippen MR) is 84.0 cm³/mol. The fourth-order valence-electron chi connectivity index (χ4n) is 3.79. The van der Waals surface area contributed by atoms with Gasteiger partial charge in [-0.15, -0.1) is 0 Å². The highest BCUT2D eigenvalue weighted by atomic mass is 16.5. The molecule has 3 aliphatic carbocycles. The van der Waals surface area contributed by atoms with Crippen LogP contribution < -0.4 is 4.74 Å². The number of fused-ring (bicyclic) bond motifs is 1. The molecule has 0 aliphatic heterocycles. The number of hydrogen-bond acceptors (Lipinski definition) is 2. The molecule has 0 amide bonds. The van der Waals surface area contributed by atoms with Gasteiger partial charge in [0.15, 0.2) is 0 Å². The average Bonchev–Trinajstić information content (AvgIpc) is 2.36. The molecule has 4 rings (SSSR count). The van der Waals surface area contributed by atoms with E-state index in [-0.39, 0.29) is 0 Å². The summed E-state index contributed by atoms with van der Waals surface area (Å²) in [5, 5.41) is 0. The lowest BCUT2D eigenvalue weighted by atomic mass is 9.60. The van der Waals surface area contributed by atoms with Gasteiger partial charge in [0.25, 0.3) is 0 Å². The van der Waals surface area contributed by atoms with Gasteiger partial charge in [-0.3, -0.25) is 0 Å². The minimum Gasteiger partial charge on any atom is -0.497 e. The zero-order valence-corrected chi connectivity index (χ0v) is 13.0. The van der Waals surface area contributed by atoms with Crippen LogP contribution in [0.4, 0.5) is 0 Å². The van der Waals surface area contributed by atoms with Gasteiger partial charge in [-0.1, -0.05) is 12.1 Å². The fourth-order valence-corrected chi connectivity index (χ4v) is 3.79. The second-order valence-electron chi connectivity index (χ2n) is 6.72. The van der Waals surface area contributed by atoms with Gasteiger partial charge in [-0.2, -0.15) is 0 Å². The maximum Gasteiger partial charge on any atom is 0.119 e. The third-order valence-electron chi connectivity index (χ3n) is 4.78. The maximum absolute atomic E-state index is 5.44. The number of ether oxygens (including phenoxy) is 1. The second kappa shape index (κ2) is 5.25. The van der Waals surface area contributed by atoms with E-state index in [1.165, 1.54) is 24.0 Å². The van der Waals surface area contributed by atoms with E-state index in [0.29, 0.717) is 5.92 Å². The Hall–Kier alpha value is -1.28. The van der Waals surface area contributed by atoms with E-state index in [4.69, 9.17) is 4.74 Å². The summed E-state index contributed by atoms with van der Waals surface area (Å²) in [6, 6.07) is 6.61. The summed E-state index contributed by atoms with van der Waals surface area (Å²) in [4.78, 5) is 2.32. The van der Waals surface area contributed by atoms with E-state index in [1.807, 2.05) is 0 Å². The van der Waals surface area contributed by atoms with Crippen molar-refractivity contribution in [3.63, 3.8) is 0 Å². The predicted octanol–water partition coefficient (Wildman–Crippen LogP) is 3.60. The topological polar surface area (TPSA) is 12.5 Å². The van der Waals surface area contributed by atoms with E-state index in [0.717, 1.165) is 24.1 Å². The molecule has 0 saturated heterocycles. The third-order valence-corrected chi connectivity index (χ3v) is 4.78. The Bertz CT molecular complexity index is 526. The number of rotatable bonds is 4. The van der Waals surface area contributed by atoms with Gasteiger partial charge in [0.2, 0.25) is 0 Å². The Morgan fingerprint density at radius 2 is 1.95 bits per heavy atom. The number of benzene rings is 1. The van der Waals surface area contributed by atoms with Gasteiger partial charge in [0.05, 0.1) is 7.11 Å². The molecule has 0 heterocycles. The van der Waals surface area contributed by atoms with Crippen molar-refractivity contribution < 1.29 is 4.74 Å². The highest BCUT2D eigenvalue weighted by Gasteiger charge is 2.41. The van der Waals surface area contributed by atoms with Crippen LogP contribution in [-0.2, 0) is 0 Å². The number of methoxy groups -OCH3 is 1. The molecule has 0 N–H and O–H groups in total. The van der Waals surface area contributed by atoms with Gasteiger partial charge in [0, 0.05) is 6.54 Å². The van der Waals surface area contributed by atoms with Crippen molar-refractivity contribution in [3.05, 3.63) is 35.4 Å². The molecule has 1 saturated carbocycles. The summed E-state index contributed by atoms with van der Waals surface area (Å²) in [5.74, 6) is 3.36. The number of aryl methyl sites for hydroxylation is 1. The zero-order valence-electron chi connectivity index (χ0n) is 13.0. The first kappa shape index (κ1) is 13.7. The Labute approximate surface area is 122 Å². The van der Waals surface area contributed by atoms with Crippen molar-refractivity contribution >= 4 is 5.57 Å². The quantitative estimate of drug-likeness (QED) is 0.829. The van der Waals surface area contributed by atoms with Crippen LogP contribution in [0.25, 0.3) is 5.57 Å². The monoisotopic (exact) mass is 271 g/mol. The Morgan fingerprint density at radius 3 is 2.60 bits per heavy atom. The smallest absolute Gasteiger partial charge is 0.119 e. The molecule has 0 spiro atoms. The molecule has 0 unspecified atom stereocenters. The number of allylic oxidation sites excluding steroid dienone is 1. The van der Waals surface area contributed by atoms with Crippen LogP contribution in [0.2, 0.25) is 0 Å². The first-order valence-corrected chi connectivity index (χ1v) is 7.59. The van der Waals surface area contributed by atoms with Crippen molar-refractivity contribution in [1.29, 1.82) is 0 Å². The first-order chi connectivity index (χ1) is 9.56. The summed E-state index contributed by atoms with van der Waals surface area (Å²) in [6.07, 6.45) is 5.32. The minimum absolute atomic E-state index is 0.682.